The molecule has 2 unspecified atom stereocenters. The van der Waals surface area contributed by atoms with Crippen molar-refractivity contribution in [2.45, 2.75) is 58.1 Å². The van der Waals surface area contributed by atoms with Gasteiger partial charge in [0.15, 0.2) is 0 Å². The van der Waals surface area contributed by atoms with Crippen molar-refractivity contribution in [2.75, 3.05) is 26.2 Å². The van der Waals surface area contributed by atoms with Crippen LogP contribution in [0.1, 0.15) is 46.0 Å². The SMILES string of the molecule is CC1(C)CCCC1NCC(O)CN1CCCC1. The molecule has 2 N–H and O–H groups in total. The van der Waals surface area contributed by atoms with Crippen molar-refractivity contribution in [1.29, 1.82) is 0 Å². The maximum absolute atomic E-state index is 10.0. The van der Waals surface area contributed by atoms with Gasteiger partial charge in [0.05, 0.1) is 6.10 Å². The van der Waals surface area contributed by atoms with Crippen molar-refractivity contribution in [2.24, 2.45) is 5.41 Å². The number of aliphatic hydroxyl groups is 1. The summed E-state index contributed by atoms with van der Waals surface area (Å²) in [5, 5.41) is 13.6. The normalized spacial score (nSPS) is 30.9. The van der Waals surface area contributed by atoms with Gasteiger partial charge in [-0.2, -0.15) is 0 Å². The summed E-state index contributed by atoms with van der Waals surface area (Å²) in [6, 6.07) is 0.593. The molecule has 0 radical (unpaired) electrons. The molecule has 17 heavy (non-hydrogen) atoms. The van der Waals surface area contributed by atoms with Gasteiger partial charge < -0.3 is 15.3 Å². The van der Waals surface area contributed by atoms with Gasteiger partial charge in [-0.1, -0.05) is 20.3 Å². The van der Waals surface area contributed by atoms with Crippen LogP contribution in [0.2, 0.25) is 0 Å². The van der Waals surface area contributed by atoms with E-state index in [2.05, 4.69) is 24.1 Å². The molecule has 1 heterocycles. The molecule has 1 aliphatic heterocycles. The minimum atomic E-state index is -0.204. The Morgan fingerprint density at radius 3 is 2.59 bits per heavy atom. The number of nitrogens with zero attached hydrogens (tertiary/aromatic N) is 1. The summed E-state index contributed by atoms with van der Waals surface area (Å²) >= 11 is 0. The lowest BCUT2D eigenvalue weighted by Gasteiger charge is -2.29. The molecule has 1 aliphatic carbocycles. The highest BCUT2D eigenvalue weighted by molar-refractivity contribution is 4.90. The molecule has 1 saturated carbocycles. The zero-order valence-corrected chi connectivity index (χ0v) is 11.4. The van der Waals surface area contributed by atoms with E-state index in [9.17, 15) is 5.11 Å². The van der Waals surface area contributed by atoms with Gasteiger partial charge in [0.1, 0.15) is 0 Å². The van der Waals surface area contributed by atoms with E-state index in [-0.39, 0.29) is 6.10 Å². The number of β-amino-alcohol motifs (C(OH)–C–C–N with tert-alkyl or cyclic N) is 1. The number of aliphatic hydroxyl groups excluding tert-OH is 1. The van der Waals surface area contributed by atoms with Gasteiger partial charge in [0, 0.05) is 19.1 Å². The Morgan fingerprint density at radius 2 is 2.00 bits per heavy atom. The molecule has 2 atom stereocenters. The lowest BCUT2D eigenvalue weighted by Crippen LogP contribution is -2.44. The summed E-state index contributed by atoms with van der Waals surface area (Å²) in [5.41, 5.74) is 0.410. The largest absolute Gasteiger partial charge is 0.390 e. The van der Waals surface area contributed by atoms with Crippen LogP contribution in [0.5, 0.6) is 0 Å². The predicted octanol–water partition coefficient (Wildman–Crippen LogP) is 1.61. The quantitative estimate of drug-likeness (QED) is 0.766. The monoisotopic (exact) mass is 240 g/mol. The fourth-order valence-corrected chi connectivity index (χ4v) is 3.31. The first kappa shape index (κ1) is 13.3. The predicted molar refractivity (Wildman–Crippen MR) is 71.1 cm³/mol. The zero-order valence-electron chi connectivity index (χ0n) is 11.4. The van der Waals surface area contributed by atoms with E-state index >= 15 is 0 Å². The van der Waals surface area contributed by atoms with Gasteiger partial charge in [-0.25, -0.2) is 0 Å². The average molecular weight is 240 g/mol. The molecule has 3 nitrogen and oxygen atoms in total. The van der Waals surface area contributed by atoms with Crippen LogP contribution in [0.3, 0.4) is 0 Å². The van der Waals surface area contributed by atoms with E-state index in [1.54, 1.807) is 0 Å². The molecule has 1 saturated heterocycles. The van der Waals surface area contributed by atoms with Crippen molar-refractivity contribution in [3.63, 3.8) is 0 Å². The lowest BCUT2D eigenvalue weighted by atomic mass is 9.87. The number of rotatable bonds is 5. The van der Waals surface area contributed by atoms with Crippen LogP contribution in [0.25, 0.3) is 0 Å². The molecular formula is C14H28N2O. The van der Waals surface area contributed by atoms with Crippen LogP contribution in [0.4, 0.5) is 0 Å². The van der Waals surface area contributed by atoms with E-state index < -0.39 is 0 Å². The Balaban J connectivity index is 1.67. The van der Waals surface area contributed by atoms with Crippen molar-refractivity contribution < 1.29 is 5.11 Å². The fraction of sp³-hybridized carbons (Fsp3) is 1.00. The van der Waals surface area contributed by atoms with Gasteiger partial charge in [-0.3, -0.25) is 0 Å². The maximum Gasteiger partial charge on any atom is 0.0791 e. The molecule has 2 aliphatic rings. The first-order chi connectivity index (χ1) is 8.08. The van der Waals surface area contributed by atoms with Crippen molar-refractivity contribution in [1.82, 2.24) is 10.2 Å². The summed E-state index contributed by atoms with van der Waals surface area (Å²) in [7, 11) is 0. The van der Waals surface area contributed by atoms with Crippen LogP contribution < -0.4 is 5.32 Å². The number of nitrogens with one attached hydrogen (secondary N) is 1. The first-order valence-corrected chi connectivity index (χ1v) is 7.22. The highest BCUT2D eigenvalue weighted by Gasteiger charge is 2.34. The molecule has 3 heteroatoms. The molecular weight excluding hydrogens is 212 g/mol. The lowest BCUT2D eigenvalue weighted by molar-refractivity contribution is 0.114. The fourth-order valence-electron chi connectivity index (χ4n) is 3.31. The minimum absolute atomic E-state index is 0.204. The van der Waals surface area contributed by atoms with Gasteiger partial charge in [-0.05, 0) is 44.2 Å². The summed E-state index contributed by atoms with van der Waals surface area (Å²) in [5.74, 6) is 0. The molecule has 0 aromatic heterocycles. The standard InChI is InChI=1S/C14H28N2O/c1-14(2)7-5-6-13(14)15-10-12(17)11-16-8-3-4-9-16/h12-13,15,17H,3-11H2,1-2H3. The van der Waals surface area contributed by atoms with E-state index in [1.807, 2.05) is 0 Å². The second kappa shape index (κ2) is 5.68. The molecule has 2 rings (SSSR count). The molecule has 2 fully saturated rings. The Morgan fingerprint density at radius 1 is 1.29 bits per heavy atom. The summed E-state index contributed by atoms with van der Waals surface area (Å²) in [4.78, 5) is 2.38. The van der Waals surface area contributed by atoms with Crippen molar-refractivity contribution >= 4 is 0 Å². The third-order valence-electron chi connectivity index (χ3n) is 4.52. The van der Waals surface area contributed by atoms with Crippen molar-refractivity contribution in [3.05, 3.63) is 0 Å². The molecule has 0 spiro atoms. The summed E-state index contributed by atoms with van der Waals surface area (Å²) in [6.07, 6.45) is 6.30. The second-order valence-corrected chi connectivity index (χ2v) is 6.50. The smallest absolute Gasteiger partial charge is 0.0791 e. The Bertz CT molecular complexity index is 236. The van der Waals surface area contributed by atoms with E-state index in [0.29, 0.717) is 11.5 Å². The maximum atomic E-state index is 10.0. The molecule has 0 amide bonds. The van der Waals surface area contributed by atoms with Gasteiger partial charge in [0.2, 0.25) is 0 Å². The number of likely N-dealkylation sites (tertiary alicyclic amines) is 1. The highest BCUT2D eigenvalue weighted by atomic mass is 16.3. The van der Waals surface area contributed by atoms with Crippen LogP contribution in [0.15, 0.2) is 0 Å². The third-order valence-corrected chi connectivity index (χ3v) is 4.52. The topological polar surface area (TPSA) is 35.5 Å². The van der Waals surface area contributed by atoms with Crippen LogP contribution in [0, 0.1) is 5.41 Å². The number of hydrogen-bond donors (Lipinski definition) is 2. The first-order valence-electron chi connectivity index (χ1n) is 7.22. The Labute approximate surface area is 106 Å². The summed E-state index contributed by atoms with van der Waals surface area (Å²) in [6.45, 7) is 8.62. The van der Waals surface area contributed by atoms with Gasteiger partial charge in [0.25, 0.3) is 0 Å². The zero-order chi connectivity index (χ0) is 12.3. The molecule has 0 bridgehead atoms. The number of hydrogen-bond acceptors (Lipinski definition) is 3. The van der Waals surface area contributed by atoms with Crippen LogP contribution in [-0.2, 0) is 0 Å². The van der Waals surface area contributed by atoms with E-state index in [1.165, 1.54) is 45.2 Å². The second-order valence-electron chi connectivity index (χ2n) is 6.50. The molecule has 0 aromatic carbocycles. The highest BCUT2D eigenvalue weighted by Crippen LogP contribution is 2.37. The molecule has 0 aromatic rings. The van der Waals surface area contributed by atoms with Crippen LogP contribution in [-0.4, -0.2) is 48.3 Å². The van der Waals surface area contributed by atoms with Gasteiger partial charge >= 0.3 is 0 Å². The minimum Gasteiger partial charge on any atom is -0.390 e. The van der Waals surface area contributed by atoms with Gasteiger partial charge in [-0.15, -0.1) is 0 Å². The third kappa shape index (κ3) is 3.67. The Hall–Kier alpha value is -0.120. The molecule has 100 valence electrons. The summed E-state index contributed by atoms with van der Waals surface area (Å²) < 4.78 is 0. The average Bonchev–Trinajstić information content (AvgIpc) is 2.85. The van der Waals surface area contributed by atoms with Crippen molar-refractivity contribution in [3.8, 4) is 0 Å². The Kier molecular flexibility index (Phi) is 4.45. The van der Waals surface area contributed by atoms with E-state index in [0.717, 1.165) is 13.1 Å². The van der Waals surface area contributed by atoms with E-state index in [4.69, 9.17) is 0 Å². The van der Waals surface area contributed by atoms with Crippen LogP contribution >= 0.6 is 0 Å².